The van der Waals surface area contributed by atoms with Gasteiger partial charge in [-0.05, 0) is 18.3 Å². The minimum atomic E-state index is -1.34. The van der Waals surface area contributed by atoms with Gasteiger partial charge in [0.15, 0.2) is 0 Å². The molecule has 0 aromatic carbocycles. The molecule has 1 amide bonds. The largest absolute Gasteiger partial charge is 0.480 e. The molecule has 0 aromatic rings. The molecule has 100 valence electrons. The first kappa shape index (κ1) is 14.6. The Bertz CT molecular complexity index is 412. The number of rotatable bonds is 7. The maximum Gasteiger partial charge on any atom is 0.327 e. The topological polar surface area (TPSA) is 107 Å². The Hall–Kier alpha value is -1.42. The van der Waals surface area contributed by atoms with Gasteiger partial charge in [0.25, 0.3) is 0 Å². The summed E-state index contributed by atoms with van der Waals surface area (Å²) in [5.41, 5.74) is -0.182. The summed E-state index contributed by atoms with van der Waals surface area (Å²) in [4.78, 5) is 21.7. The summed E-state index contributed by atoms with van der Waals surface area (Å²) >= 11 is 0. The third kappa shape index (κ3) is 4.45. The summed E-state index contributed by atoms with van der Waals surface area (Å²) in [5.74, 6) is -1.42. The minimum Gasteiger partial charge on any atom is -0.480 e. The summed E-state index contributed by atoms with van der Waals surface area (Å²) in [6.07, 6.45) is 2.09. The summed E-state index contributed by atoms with van der Waals surface area (Å²) in [5, 5.41) is 19.8. The van der Waals surface area contributed by atoms with Crippen molar-refractivity contribution in [2.45, 2.75) is 32.2 Å². The Kier molecular flexibility index (Phi) is 4.84. The van der Waals surface area contributed by atoms with Crippen LogP contribution in [-0.2, 0) is 20.4 Å². The van der Waals surface area contributed by atoms with E-state index in [9.17, 15) is 13.8 Å². The molecule has 6 nitrogen and oxygen atoms in total. The Balaban J connectivity index is 2.49. The highest BCUT2D eigenvalue weighted by atomic mass is 32.2. The fraction of sp³-hybridized carbons (Fsp3) is 0.727. The van der Waals surface area contributed by atoms with Gasteiger partial charge in [0.05, 0.1) is 11.8 Å². The highest BCUT2D eigenvalue weighted by Gasteiger charge is 2.44. The van der Waals surface area contributed by atoms with Crippen LogP contribution in [-0.4, -0.2) is 38.7 Å². The molecular formula is C11H16N2O4S. The normalized spacial score (nSPS) is 19.3. The SMILES string of the molecule is CC(=O)NC(CS(=O)CC1(CC#N)CC1)C(=O)O. The lowest BCUT2D eigenvalue weighted by atomic mass is 10.1. The molecule has 1 aliphatic carbocycles. The summed E-state index contributed by atoms with van der Waals surface area (Å²) in [6.45, 7) is 1.22. The second kappa shape index (κ2) is 5.96. The molecule has 0 radical (unpaired) electrons. The molecule has 1 saturated carbocycles. The van der Waals surface area contributed by atoms with E-state index in [1.54, 1.807) is 0 Å². The quantitative estimate of drug-likeness (QED) is 0.679. The molecule has 0 saturated heterocycles. The average molecular weight is 272 g/mol. The van der Waals surface area contributed by atoms with E-state index >= 15 is 0 Å². The van der Waals surface area contributed by atoms with Crippen molar-refractivity contribution in [3.8, 4) is 6.07 Å². The number of carbonyl (C=O) groups is 2. The highest BCUT2D eigenvalue weighted by Crippen LogP contribution is 2.49. The van der Waals surface area contributed by atoms with Gasteiger partial charge in [0.2, 0.25) is 5.91 Å². The van der Waals surface area contributed by atoms with Gasteiger partial charge in [-0.25, -0.2) is 4.79 Å². The number of carboxylic acids is 1. The van der Waals surface area contributed by atoms with Crippen LogP contribution in [0.25, 0.3) is 0 Å². The molecule has 0 aliphatic heterocycles. The first-order valence-electron chi connectivity index (χ1n) is 5.60. The van der Waals surface area contributed by atoms with Crippen molar-refractivity contribution in [1.82, 2.24) is 5.32 Å². The number of nitriles is 1. The van der Waals surface area contributed by atoms with Crippen molar-refractivity contribution in [3.05, 3.63) is 0 Å². The average Bonchev–Trinajstić information content (AvgIpc) is 2.96. The van der Waals surface area contributed by atoms with Crippen LogP contribution in [0.2, 0.25) is 0 Å². The van der Waals surface area contributed by atoms with Crippen LogP contribution < -0.4 is 5.32 Å². The number of carboxylic acid groups (broad SMARTS) is 1. The minimum absolute atomic E-state index is 0.109. The molecular weight excluding hydrogens is 256 g/mol. The van der Waals surface area contributed by atoms with Crippen molar-refractivity contribution in [1.29, 1.82) is 5.26 Å². The van der Waals surface area contributed by atoms with Gasteiger partial charge >= 0.3 is 5.97 Å². The van der Waals surface area contributed by atoms with E-state index in [1.165, 1.54) is 6.92 Å². The zero-order valence-electron chi connectivity index (χ0n) is 10.1. The monoisotopic (exact) mass is 272 g/mol. The number of amides is 1. The first-order chi connectivity index (χ1) is 8.38. The van der Waals surface area contributed by atoms with Gasteiger partial charge in [-0.1, -0.05) is 0 Å². The van der Waals surface area contributed by atoms with Gasteiger partial charge in [0, 0.05) is 29.9 Å². The number of nitrogens with zero attached hydrogens (tertiary/aromatic N) is 1. The van der Waals surface area contributed by atoms with Crippen molar-refractivity contribution >= 4 is 22.7 Å². The van der Waals surface area contributed by atoms with Gasteiger partial charge in [0.1, 0.15) is 6.04 Å². The first-order valence-corrected chi connectivity index (χ1v) is 7.09. The van der Waals surface area contributed by atoms with Crippen molar-refractivity contribution in [3.63, 3.8) is 0 Å². The summed E-state index contributed by atoms with van der Waals surface area (Å²) in [6, 6.07) is 0.940. The summed E-state index contributed by atoms with van der Waals surface area (Å²) in [7, 11) is -1.34. The third-order valence-electron chi connectivity index (χ3n) is 2.91. The predicted octanol–water partition coefficient (Wildman–Crippen LogP) is 0.0183. The third-order valence-corrected chi connectivity index (χ3v) is 4.55. The lowest BCUT2D eigenvalue weighted by molar-refractivity contribution is -0.140. The molecule has 18 heavy (non-hydrogen) atoms. The number of aliphatic carboxylic acids is 1. The molecule has 7 heteroatoms. The molecule has 2 unspecified atom stereocenters. The van der Waals surface area contributed by atoms with E-state index in [0.717, 1.165) is 12.8 Å². The fourth-order valence-corrected chi connectivity index (χ4v) is 3.51. The smallest absolute Gasteiger partial charge is 0.327 e. The van der Waals surface area contributed by atoms with Crippen LogP contribution >= 0.6 is 0 Å². The maximum absolute atomic E-state index is 11.9. The summed E-state index contributed by atoms with van der Waals surface area (Å²) < 4.78 is 11.9. The number of carbonyl (C=O) groups excluding carboxylic acids is 1. The second-order valence-corrected chi connectivity index (χ2v) is 6.18. The number of hydrogen-bond donors (Lipinski definition) is 2. The zero-order valence-corrected chi connectivity index (χ0v) is 11.0. The molecule has 0 heterocycles. The fourth-order valence-electron chi connectivity index (χ4n) is 1.72. The maximum atomic E-state index is 11.9. The molecule has 0 spiro atoms. The van der Waals surface area contributed by atoms with Crippen LogP contribution in [0, 0.1) is 16.7 Å². The van der Waals surface area contributed by atoms with E-state index in [1.807, 2.05) is 0 Å². The number of nitrogens with one attached hydrogen (secondary N) is 1. The lowest BCUT2D eigenvalue weighted by Gasteiger charge is -2.15. The Morgan fingerprint density at radius 1 is 1.56 bits per heavy atom. The van der Waals surface area contributed by atoms with Crippen LogP contribution in [0.3, 0.4) is 0 Å². The predicted molar refractivity (Wildman–Crippen MR) is 65.0 cm³/mol. The van der Waals surface area contributed by atoms with E-state index in [2.05, 4.69) is 11.4 Å². The van der Waals surface area contributed by atoms with Crippen LogP contribution in [0.5, 0.6) is 0 Å². The molecule has 1 aliphatic rings. The van der Waals surface area contributed by atoms with Crippen molar-refractivity contribution in [2.24, 2.45) is 5.41 Å². The van der Waals surface area contributed by atoms with Crippen LogP contribution in [0.4, 0.5) is 0 Å². The highest BCUT2D eigenvalue weighted by molar-refractivity contribution is 7.85. The van der Waals surface area contributed by atoms with Gasteiger partial charge in [-0.15, -0.1) is 0 Å². The van der Waals surface area contributed by atoms with Gasteiger partial charge < -0.3 is 10.4 Å². The Morgan fingerprint density at radius 3 is 2.56 bits per heavy atom. The van der Waals surface area contributed by atoms with Gasteiger partial charge in [-0.3, -0.25) is 9.00 Å². The molecule has 0 bridgehead atoms. The van der Waals surface area contributed by atoms with E-state index < -0.39 is 28.7 Å². The van der Waals surface area contributed by atoms with Crippen LogP contribution in [0.1, 0.15) is 26.2 Å². The standard InChI is InChI=1S/C11H16N2O4S/c1-8(14)13-9(10(15)16)6-18(17)7-11(2-3-11)4-5-12/h9H,2-4,6-7H2,1H3,(H,13,14)(H,15,16). The van der Waals surface area contributed by atoms with Crippen LogP contribution in [0.15, 0.2) is 0 Å². The zero-order chi connectivity index (χ0) is 13.8. The van der Waals surface area contributed by atoms with E-state index in [4.69, 9.17) is 10.4 Å². The Morgan fingerprint density at radius 2 is 2.17 bits per heavy atom. The van der Waals surface area contributed by atoms with Crippen molar-refractivity contribution in [2.75, 3.05) is 11.5 Å². The van der Waals surface area contributed by atoms with Gasteiger partial charge in [-0.2, -0.15) is 5.26 Å². The molecule has 0 aromatic heterocycles. The number of hydrogen-bond acceptors (Lipinski definition) is 4. The molecule has 1 rings (SSSR count). The molecule has 1 fully saturated rings. The Labute approximate surface area is 108 Å². The van der Waals surface area contributed by atoms with E-state index in [0.29, 0.717) is 12.2 Å². The molecule has 2 N–H and O–H groups in total. The lowest BCUT2D eigenvalue weighted by Crippen LogP contribution is -2.44. The van der Waals surface area contributed by atoms with Crippen molar-refractivity contribution < 1.29 is 18.9 Å². The van der Waals surface area contributed by atoms with E-state index in [-0.39, 0.29) is 11.2 Å². The molecule has 2 atom stereocenters. The second-order valence-electron chi connectivity index (χ2n) is 4.68.